The quantitative estimate of drug-likeness (QED) is 0.0699. The maximum absolute atomic E-state index is 13.3. The van der Waals surface area contributed by atoms with Gasteiger partial charge in [-0.3, -0.25) is 0 Å². The summed E-state index contributed by atoms with van der Waals surface area (Å²) in [5.74, 6) is 0. The lowest BCUT2D eigenvalue weighted by atomic mass is 9.65. The van der Waals surface area contributed by atoms with E-state index in [0.29, 0.717) is 49.9 Å². The third-order valence-corrected chi connectivity index (χ3v) is 13.4. The summed E-state index contributed by atoms with van der Waals surface area (Å²) in [4.78, 5) is 31.4. The van der Waals surface area contributed by atoms with Crippen molar-refractivity contribution in [2.45, 2.75) is 131 Å². The van der Waals surface area contributed by atoms with Crippen molar-refractivity contribution in [2.24, 2.45) is 0 Å². The third kappa shape index (κ3) is 14.5. The molecule has 0 aromatic heterocycles. The molecule has 4 aromatic rings. The molecule has 0 bridgehead atoms. The van der Waals surface area contributed by atoms with Gasteiger partial charge in [0.25, 0.3) is 10.2 Å². The average molecular weight is 1030 g/mol. The van der Waals surface area contributed by atoms with E-state index >= 15 is 0 Å². The molecule has 2 saturated carbocycles. The van der Waals surface area contributed by atoms with Crippen LogP contribution in [0, 0.1) is 20.2 Å². The molecule has 390 valence electrons. The van der Waals surface area contributed by atoms with Gasteiger partial charge in [-0.05, 0) is 131 Å². The highest BCUT2D eigenvalue weighted by Gasteiger charge is 2.48. The first kappa shape index (κ1) is 56.2. The SMILES string of the molecule is C[C@@H](OCC1(c2ccccc2)CCC(C)(O[N+](=O)[O-])CC1)c1cc(C(F)(F)F)cc(C(F)(F)F)c1.C[C@@H](OCC1(c2ccccc2)CCC(CO)(O[N+](=O)[O-])CC1)c1cc(C(F)(F)F)cc(C(F)(F)F)c1. The van der Waals surface area contributed by atoms with Crippen molar-refractivity contribution < 1.29 is 87.1 Å². The number of aliphatic hydroxyl groups excluding tert-OH is 1. The van der Waals surface area contributed by atoms with E-state index in [-0.39, 0.29) is 62.2 Å². The standard InChI is InChI=1S/C24H25F6NO5.C24H25F6NO4/c1-16(17-11-19(23(25,26)27)13-20(12-17)24(28,29)30)35-15-21(18-5-3-2-4-6-18)7-9-22(14-32,10-8-21)36-31(33)34;1-16(17-12-19(23(25,26)27)14-20(13-17)24(28,29)30)34-15-22(18-6-4-3-5-7-18)10-8-21(2,9-11-22)35-31(32)33/h2-6,11-13,16,32H,7-10,14-15H2,1H3;3-7,12-14,16H,8-11,15H2,1-2H3/t2*16-,21?,22?/m11/s1. The molecule has 6 rings (SSSR count). The zero-order chi connectivity index (χ0) is 52.8. The van der Waals surface area contributed by atoms with Crippen LogP contribution < -0.4 is 0 Å². The lowest BCUT2D eigenvalue weighted by Gasteiger charge is -2.45. The van der Waals surface area contributed by atoms with Crippen LogP contribution in [-0.4, -0.2) is 46.3 Å². The summed E-state index contributed by atoms with van der Waals surface area (Å²) >= 11 is 0. The second kappa shape index (κ2) is 21.6. The summed E-state index contributed by atoms with van der Waals surface area (Å²) in [6, 6.07) is 20.8. The Morgan fingerprint density at radius 3 is 1.11 bits per heavy atom. The van der Waals surface area contributed by atoms with E-state index in [0.717, 1.165) is 11.1 Å². The highest BCUT2D eigenvalue weighted by atomic mass is 19.4. The average Bonchev–Trinajstić information content (AvgIpc) is 3.30. The lowest BCUT2D eigenvalue weighted by Crippen LogP contribution is -2.48. The highest BCUT2D eigenvalue weighted by molar-refractivity contribution is 5.36. The molecule has 0 saturated heterocycles. The minimum atomic E-state index is -4.98. The number of aliphatic hydroxyl groups is 1. The normalized spacial score (nSPS) is 23.9. The fourth-order valence-electron chi connectivity index (χ4n) is 8.95. The predicted molar refractivity (Wildman–Crippen MR) is 229 cm³/mol. The van der Waals surface area contributed by atoms with Gasteiger partial charge in [-0.1, -0.05) is 60.7 Å². The highest BCUT2D eigenvalue weighted by Crippen LogP contribution is 2.48. The second-order valence-corrected chi connectivity index (χ2v) is 18.3. The number of rotatable bonds is 15. The van der Waals surface area contributed by atoms with Gasteiger partial charge in [0, 0.05) is 10.8 Å². The summed E-state index contributed by atoms with van der Waals surface area (Å²) < 4.78 is 171. The van der Waals surface area contributed by atoms with Gasteiger partial charge in [-0.2, -0.15) is 52.7 Å². The molecular weight excluding hydrogens is 977 g/mol. The molecule has 23 heteroatoms. The molecular formula is C48H50F12N2O9. The molecule has 2 fully saturated rings. The van der Waals surface area contributed by atoms with E-state index in [2.05, 4.69) is 0 Å². The van der Waals surface area contributed by atoms with E-state index in [4.69, 9.17) is 19.1 Å². The lowest BCUT2D eigenvalue weighted by molar-refractivity contribution is -0.783. The smallest absolute Gasteiger partial charge is 0.394 e. The van der Waals surface area contributed by atoms with Crippen molar-refractivity contribution in [3.63, 3.8) is 0 Å². The van der Waals surface area contributed by atoms with E-state index in [1.54, 1.807) is 37.3 Å². The van der Waals surface area contributed by atoms with Crippen LogP contribution in [0.5, 0.6) is 0 Å². The first-order chi connectivity index (χ1) is 32.8. The van der Waals surface area contributed by atoms with E-state index < -0.39 is 98.0 Å². The molecule has 0 aliphatic heterocycles. The van der Waals surface area contributed by atoms with Crippen molar-refractivity contribution in [2.75, 3.05) is 19.8 Å². The molecule has 71 heavy (non-hydrogen) atoms. The Balaban J connectivity index is 0.000000264. The molecule has 2 aliphatic carbocycles. The van der Waals surface area contributed by atoms with Gasteiger partial charge in [-0.25, -0.2) is 0 Å². The zero-order valence-corrected chi connectivity index (χ0v) is 38.3. The summed E-state index contributed by atoms with van der Waals surface area (Å²) in [7, 11) is 0. The third-order valence-electron chi connectivity index (χ3n) is 13.4. The predicted octanol–water partition coefficient (Wildman–Crippen LogP) is 13.5. The first-order valence-electron chi connectivity index (χ1n) is 22.0. The van der Waals surface area contributed by atoms with Gasteiger partial charge >= 0.3 is 24.7 Å². The van der Waals surface area contributed by atoms with E-state index in [1.807, 2.05) is 30.3 Å². The molecule has 0 amide bonds. The van der Waals surface area contributed by atoms with Crippen LogP contribution in [0.15, 0.2) is 97.1 Å². The zero-order valence-electron chi connectivity index (χ0n) is 38.3. The Morgan fingerprint density at radius 1 is 0.521 bits per heavy atom. The Hall–Kier alpha value is -5.68. The van der Waals surface area contributed by atoms with Crippen LogP contribution >= 0.6 is 0 Å². The van der Waals surface area contributed by atoms with Crippen LogP contribution in [-0.2, 0) is 54.7 Å². The van der Waals surface area contributed by atoms with E-state index in [9.17, 15) is 78.0 Å². The molecule has 4 aromatic carbocycles. The van der Waals surface area contributed by atoms with Gasteiger partial charge in [-0.15, -0.1) is 20.2 Å². The van der Waals surface area contributed by atoms with Gasteiger partial charge in [0.15, 0.2) is 0 Å². The van der Waals surface area contributed by atoms with Crippen LogP contribution in [0.25, 0.3) is 0 Å². The number of benzene rings is 4. The molecule has 0 unspecified atom stereocenters. The first-order valence-corrected chi connectivity index (χ1v) is 22.0. The number of nitrogens with zero attached hydrogens (tertiary/aromatic N) is 2. The van der Waals surface area contributed by atoms with Gasteiger partial charge in [0.05, 0.1) is 54.3 Å². The largest absolute Gasteiger partial charge is 0.416 e. The molecule has 0 spiro atoms. The number of ether oxygens (including phenoxy) is 2. The van der Waals surface area contributed by atoms with Crippen LogP contribution in [0.2, 0.25) is 0 Å². The number of halogens is 12. The van der Waals surface area contributed by atoms with Crippen molar-refractivity contribution in [3.8, 4) is 0 Å². The van der Waals surface area contributed by atoms with Gasteiger partial charge in [0.1, 0.15) is 11.2 Å². The maximum atomic E-state index is 13.3. The van der Waals surface area contributed by atoms with Crippen molar-refractivity contribution in [3.05, 3.63) is 162 Å². The summed E-state index contributed by atoms with van der Waals surface area (Å²) in [6.07, 6.45) is -19.8. The van der Waals surface area contributed by atoms with Crippen LogP contribution in [0.3, 0.4) is 0 Å². The Morgan fingerprint density at radius 2 is 0.831 bits per heavy atom. The van der Waals surface area contributed by atoms with Gasteiger partial charge in [0.2, 0.25) is 0 Å². The fraction of sp³-hybridized carbons (Fsp3) is 0.500. The van der Waals surface area contributed by atoms with Crippen molar-refractivity contribution >= 4 is 0 Å². The summed E-state index contributed by atoms with van der Waals surface area (Å²) in [6.45, 7) is 3.75. The van der Waals surface area contributed by atoms with Crippen molar-refractivity contribution in [1.82, 2.24) is 0 Å². The van der Waals surface area contributed by atoms with Crippen LogP contribution in [0.4, 0.5) is 52.7 Å². The van der Waals surface area contributed by atoms with Gasteiger partial charge < -0.3 is 24.3 Å². The topological polar surface area (TPSA) is 143 Å². The monoisotopic (exact) mass is 1030 g/mol. The fourth-order valence-corrected chi connectivity index (χ4v) is 8.95. The Labute approximate surface area is 399 Å². The molecule has 1 N–H and O–H groups in total. The minimum Gasteiger partial charge on any atom is -0.394 e. The molecule has 2 atom stereocenters. The number of hydrogen-bond donors (Lipinski definition) is 1. The molecule has 0 radical (unpaired) electrons. The Kier molecular flexibility index (Phi) is 17.1. The molecule has 2 aliphatic rings. The summed E-state index contributed by atoms with van der Waals surface area (Å²) in [5.41, 5.74) is -8.28. The molecule has 0 heterocycles. The number of hydrogen-bond acceptors (Lipinski definition) is 9. The molecule has 11 nitrogen and oxygen atoms in total. The number of alkyl halides is 12. The Bertz CT molecular complexity index is 2350. The maximum Gasteiger partial charge on any atom is 0.416 e. The van der Waals surface area contributed by atoms with E-state index in [1.165, 1.54) is 13.8 Å². The second-order valence-electron chi connectivity index (χ2n) is 18.3. The van der Waals surface area contributed by atoms with Crippen LogP contribution in [0.1, 0.15) is 129 Å². The minimum absolute atomic E-state index is 0.00429. The van der Waals surface area contributed by atoms with Crippen molar-refractivity contribution in [1.29, 1.82) is 0 Å². The summed E-state index contributed by atoms with van der Waals surface area (Å²) in [5, 5.41) is 29.7.